The maximum absolute atomic E-state index is 12.6. The van der Waals surface area contributed by atoms with E-state index in [1.807, 2.05) is 24.3 Å². The van der Waals surface area contributed by atoms with Crippen LogP contribution < -0.4 is 15.8 Å². The largest absolute Gasteiger partial charge is 0.492 e. The number of hydrogen-bond acceptors (Lipinski definition) is 3. The van der Waals surface area contributed by atoms with Crippen LogP contribution in [-0.2, 0) is 4.79 Å². The zero-order valence-corrected chi connectivity index (χ0v) is 16.2. The van der Waals surface area contributed by atoms with Gasteiger partial charge < -0.3 is 15.8 Å². The van der Waals surface area contributed by atoms with Crippen LogP contribution in [0.15, 0.2) is 48.5 Å². The van der Waals surface area contributed by atoms with E-state index in [4.69, 9.17) is 10.5 Å². The zero-order chi connectivity index (χ0) is 17.9. The lowest BCUT2D eigenvalue weighted by molar-refractivity contribution is -0.123. The number of carbonyl (C=O) groups is 1. The first-order chi connectivity index (χ1) is 12.7. The summed E-state index contributed by atoms with van der Waals surface area (Å²) in [6, 6.07) is 16.6. The van der Waals surface area contributed by atoms with Crippen molar-refractivity contribution in [2.24, 2.45) is 11.7 Å². The number of benzene rings is 2. The van der Waals surface area contributed by atoms with E-state index in [1.54, 1.807) is 0 Å². The van der Waals surface area contributed by atoms with Crippen molar-refractivity contribution < 1.29 is 9.53 Å². The van der Waals surface area contributed by atoms with Crippen LogP contribution in [-0.4, -0.2) is 18.6 Å². The molecule has 2 aromatic carbocycles. The fraction of sp³-hybridized carbons (Fsp3) is 0.409. The minimum atomic E-state index is 0. The van der Waals surface area contributed by atoms with Gasteiger partial charge in [-0.3, -0.25) is 4.79 Å². The molecule has 1 unspecified atom stereocenters. The Kier molecular flexibility index (Phi) is 6.40. The number of para-hydroxylation sites is 1. The zero-order valence-electron chi connectivity index (χ0n) is 15.4. The molecule has 1 heterocycles. The number of carbonyl (C=O) groups excluding carboxylic acids is 1. The predicted octanol–water partition coefficient (Wildman–Crippen LogP) is 4.23. The van der Waals surface area contributed by atoms with E-state index in [9.17, 15) is 4.79 Å². The normalized spacial score (nSPS) is 23.7. The third-order valence-electron chi connectivity index (χ3n) is 5.66. The average molecular weight is 387 g/mol. The van der Waals surface area contributed by atoms with Crippen LogP contribution in [0.25, 0.3) is 11.1 Å². The Bertz CT molecular complexity index is 781. The van der Waals surface area contributed by atoms with Gasteiger partial charge in [-0.05, 0) is 24.3 Å². The van der Waals surface area contributed by atoms with Gasteiger partial charge in [-0.15, -0.1) is 12.4 Å². The molecule has 2 aromatic rings. The molecule has 1 amide bonds. The van der Waals surface area contributed by atoms with Crippen molar-refractivity contribution in [1.29, 1.82) is 0 Å². The predicted molar refractivity (Wildman–Crippen MR) is 110 cm³/mol. The topological polar surface area (TPSA) is 64.4 Å². The average Bonchev–Trinajstić information content (AvgIpc) is 3.07. The molecule has 1 aliphatic heterocycles. The summed E-state index contributed by atoms with van der Waals surface area (Å²) in [4.78, 5) is 12.6. The Labute approximate surface area is 166 Å². The minimum Gasteiger partial charge on any atom is -0.492 e. The van der Waals surface area contributed by atoms with Gasteiger partial charge >= 0.3 is 0 Å². The lowest BCUT2D eigenvalue weighted by atomic mass is 9.93. The summed E-state index contributed by atoms with van der Waals surface area (Å²) in [6.07, 6.45) is 4.58. The van der Waals surface area contributed by atoms with Gasteiger partial charge in [0.05, 0.1) is 12.6 Å². The van der Waals surface area contributed by atoms with Gasteiger partial charge in [0.25, 0.3) is 0 Å². The molecular formula is C22H27ClN2O2. The quantitative estimate of drug-likeness (QED) is 0.826. The Hall–Kier alpha value is -2.04. The Morgan fingerprint density at radius 3 is 2.63 bits per heavy atom. The van der Waals surface area contributed by atoms with E-state index in [0.717, 1.165) is 48.1 Å². The number of halogens is 1. The first kappa shape index (κ1) is 19.7. The van der Waals surface area contributed by atoms with E-state index < -0.39 is 0 Å². The molecule has 4 nitrogen and oxygen atoms in total. The molecule has 2 aliphatic rings. The standard InChI is InChI=1S/C22H26N2O2.ClH/c23-19-11-4-8-16(19)14-21(25)24-20-12-13-26-22-17(9-5-10-18(20)22)15-6-2-1-3-7-15;/h1-3,5-7,9-10,16,19-20H,4,8,11-14,23H2,(H,24,25);1H/t16-,19+,20?;/m0./s1. The molecule has 4 rings (SSSR count). The SMILES string of the molecule is Cl.N[C@@H]1CCC[C@H]1CC(=O)NC1CCOc2c(-c3ccccc3)cccc21. The van der Waals surface area contributed by atoms with Crippen LogP contribution in [0.3, 0.4) is 0 Å². The highest BCUT2D eigenvalue weighted by Gasteiger charge is 2.29. The van der Waals surface area contributed by atoms with Gasteiger partial charge in [0.2, 0.25) is 5.91 Å². The maximum Gasteiger partial charge on any atom is 0.220 e. The van der Waals surface area contributed by atoms with Crippen molar-refractivity contribution in [2.45, 2.75) is 44.2 Å². The monoisotopic (exact) mass is 386 g/mol. The van der Waals surface area contributed by atoms with Crippen molar-refractivity contribution in [2.75, 3.05) is 6.61 Å². The Morgan fingerprint density at radius 1 is 1.07 bits per heavy atom. The smallest absolute Gasteiger partial charge is 0.220 e. The highest BCUT2D eigenvalue weighted by molar-refractivity contribution is 5.85. The van der Waals surface area contributed by atoms with Crippen molar-refractivity contribution in [3.63, 3.8) is 0 Å². The van der Waals surface area contributed by atoms with Crippen molar-refractivity contribution in [3.8, 4) is 16.9 Å². The van der Waals surface area contributed by atoms with Crippen LogP contribution in [0.4, 0.5) is 0 Å². The number of amides is 1. The summed E-state index contributed by atoms with van der Waals surface area (Å²) in [5.41, 5.74) is 9.41. The van der Waals surface area contributed by atoms with Gasteiger partial charge in [0.15, 0.2) is 0 Å². The molecule has 0 saturated heterocycles. The molecule has 1 aliphatic carbocycles. The summed E-state index contributed by atoms with van der Waals surface area (Å²) < 4.78 is 6.00. The van der Waals surface area contributed by atoms with Crippen LogP contribution in [0.2, 0.25) is 0 Å². The van der Waals surface area contributed by atoms with E-state index in [0.29, 0.717) is 18.9 Å². The third kappa shape index (κ3) is 4.28. The molecule has 27 heavy (non-hydrogen) atoms. The number of fused-ring (bicyclic) bond motifs is 1. The van der Waals surface area contributed by atoms with Crippen molar-refractivity contribution in [1.82, 2.24) is 5.32 Å². The van der Waals surface area contributed by atoms with Crippen LogP contribution in [0.1, 0.15) is 43.7 Å². The maximum atomic E-state index is 12.6. The van der Waals surface area contributed by atoms with Crippen LogP contribution in [0, 0.1) is 5.92 Å². The highest BCUT2D eigenvalue weighted by atomic mass is 35.5. The molecule has 1 saturated carbocycles. The molecule has 0 spiro atoms. The Balaban J connectivity index is 0.00000210. The summed E-state index contributed by atoms with van der Waals surface area (Å²) in [7, 11) is 0. The molecule has 3 N–H and O–H groups in total. The molecule has 0 radical (unpaired) electrons. The fourth-order valence-electron chi connectivity index (χ4n) is 4.23. The van der Waals surface area contributed by atoms with Crippen molar-refractivity contribution >= 4 is 18.3 Å². The molecule has 5 heteroatoms. The molecule has 0 aromatic heterocycles. The van der Waals surface area contributed by atoms with Crippen molar-refractivity contribution in [3.05, 3.63) is 54.1 Å². The first-order valence-corrected chi connectivity index (χ1v) is 9.58. The number of nitrogens with two attached hydrogens (primary N) is 1. The van der Waals surface area contributed by atoms with Crippen LogP contribution >= 0.6 is 12.4 Å². The number of ether oxygens (including phenoxy) is 1. The second-order valence-corrected chi connectivity index (χ2v) is 7.41. The second-order valence-electron chi connectivity index (χ2n) is 7.41. The van der Waals surface area contributed by atoms with Gasteiger partial charge in [-0.25, -0.2) is 0 Å². The van der Waals surface area contributed by atoms with E-state index in [1.165, 1.54) is 0 Å². The summed E-state index contributed by atoms with van der Waals surface area (Å²) in [5.74, 6) is 1.33. The summed E-state index contributed by atoms with van der Waals surface area (Å²) in [5, 5.41) is 3.23. The van der Waals surface area contributed by atoms with Crippen LogP contribution in [0.5, 0.6) is 5.75 Å². The van der Waals surface area contributed by atoms with E-state index in [2.05, 4.69) is 29.6 Å². The highest BCUT2D eigenvalue weighted by Crippen LogP contribution is 2.40. The molecule has 0 bridgehead atoms. The van der Waals surface area contributed by atoms with E-state index in [-0.39, 0.29) is 30.4 Å². The third-order valence-corrected chi connectivity index (χ3v) is 5.66. The first-order valence-electron chi connectivity index (χ1n) is 9.58. The fourth-order valence-corrected chi connectivity index (χ4v) is 4.23. The lowest BCUT2D eigenvalue weighted by Gasteiger charge is -2.29. The summed E-state index contributed by atoms with van der Waals surface area (Å²) in [6.45, 7) is 0.616. The van der Waals surface area contributed by atoms with Gasteiger partial charge in [0, 0.05) is 30.0 Å². The number of hydrogen-bond donors (Lipinski definition) is 2. The van der Waals surface area contributed by atoms with Gasteiger partial charge in [-0.1, -0.05) is 55.0 Å². The number of nitrogens with one attached hydrogen (secondary N) is 1. The lowest BCUT2D eigenvalue weighted by Crippen LogP contribution is -2.35. The molecule has 1 fully saturated rings. The minimum absolute atomic E-state index is 0. The van der Waals surface area contributed by atoms with Gasteiger partial charge in [0.1, 0.15) is 5.75 Å². The molecule has 3 atom stereocenters. The Morgan fingerprint density at radius 2 is 1.89 bits per heavy atom. The summed E-state index contributed by atoms with van der Waals surface area (Å²) >= 11 is 0. The molecular weight excluding hydrogens is 360 g/mol. The van der Waals surface area contributed by atoms with E-state index >= 15 is 0 Å². The van der Waals surface area contributed by atoms with Gasteiger partial charge in [-0.2, -0.15) is 0 Å². The second kappa shape index (κ2) is 8.77. The molecule has 144 valence electrons. The number of rotatable bonds is 4.